The number of hydrogen-bond donors (Lipinski definition) is 2. The molecule has 3 aromatic rings. The van der Waals surface area contributed by atoms with Crippen molar-refractivity contribution in [3.63, 3.8) is 0 Å². The van der Waals surface area contributed by atoms with Crippen LogP contribution in [-0.2, 0) is 22.9 Å². The van der Waals surface area contributed by atoms with Crippen molar-refractivity contribution in [3.8, 4) is 0 Å². The topological polar surface area (TPSA) is 101 Å². The maximum absolute atomic E-state index is 12.5. The molecule has 1 aliphatic rings. The molecule has 0 bridgehead atoms. The first-order chi connectivity index (χ1) is 12.0. The van der Waals surface area contributed by atoms with Crippen LogP contribution in [0.2, 0.25) is 0 Å². The molecule has 0 radical (unpaired) electrons. The molecule has 9 heteroatoms. The number of nitrogens with one attached hydrogen (secondary N) is 2. The maximum atomic E-state index is 12.5. The van der Waals surface area contributed by atoms with Crippen molar-refractivity contribution < 1.29 is 8.42 Å². The van der Waals surface area contributed by atoms with Crippen LogP contribution in [0, 0.1) is 6.92 Å². The molecule has 0 saturated carbocycles. The molecule has 0 aliphatic heterocycles. The third kappa shape index (κ3) is 2.96. The van der Waals surface area contributed by atoms with Gasteiger partial charge < -0.3 is 0 Å². The summed E-state index contributed by atoms with van der Waals surface area (Å²) in [6, 6.07) is 6.68. The Balaban J connectivity index is 1.69. The van der Waals surface area contributed by atoms with E-state index in [1.165, 1.54) is 10.8 Å². The number of fused-ring (bicyclic) bond motifs is 2. The number of aryl methyl sites for hydroxylation is 2. The van der Waals surface area contributed by atoms with Crippen LogP contribution in [0.25, 0.3) is 5.78 Å². The number of aromatic nitrogens is 4. The van der Waals surface area contributed by atoms with E-state index in [1.54, 1.807) is 24.3 Å². The number of hydrazine groups is 1. The molecule has 1 aliphatic carbocycles. The first-order valence-electron chi connectivity index (χ1n) is 8.10. The van der Waals surface area contributed by atoms with Gasteiger partial charge in [-0.1, -0.05) is 17.7 Å². The Morgan fingerprint density at radius 3 is 2.68 bits per heavy atom. The summed E-state index contributed by atoms with van der Waals surface area (Å²) in [6.07, 6.45) is 5.20. The Kier molecular flexibility index (Phi) is 3.89. The Hall–Kier alpha value is -2.52. The summed E-state index contributed by atoms with van der Waals surface area (Å²) < 4.78 is 26.6. The van der Waals surface area contributed by atoms with Crippen LogP contribution in [0.3, 0.4) is 0 Å². The Labute approximate surface area is 145 Å². The minimum atomic E-state index is -3.70. The lowest BCUT2D eigenvalue weighted by atomic mass is 9.96. The van der Waals surface area contributed by atoms with Crippen molar-refractivity contribution in [2.75, 3.05) is 5.43 Å². The van der Waals surface area contributed by atoms with Gasteiger partial charge in [-0.05, 0) is 44.7 Å². The molecule has 1 aromatic carbocycles. The molecule has 2 heterocycles. The molecule has 2 N–H and O–H groups in total. The second-order valence-corrected chi connectivity index (χ2v) is 7.79. The van der Waals surface area contributed by atoms with E-state index in [0.29, 0.717) is 11.6 Å². The van der Waals surface area contributed by atoms with Crippen molar-refractivity contribution >= 4 is 21.6 Å². The average Bonchev–Trinajstić information content (AvgIpc) is 3.07. The van der Waals surface area contributed by atoms with Crippen molar-refractivity contribution in [2.24, 2.45) is 0 Å². The highest BCUT2D eigenvalue weighted by atomic mass is 32.2. The monoisotopic (exact) mass is 358 g/mol. The minimum Gasteiger partial charge on any atom is -0.291 e. The van der Waals surface area contributed by atoms with E-state index in [9.17, 15) is 8.42 Å². The van der Waals surface area contributed by atoms with Crippen LogP contribution in [0.5, 0.6) is 0 Å². The summed E-state index contributed by atoms with van der Waals surface area (Å²) in [4.78, 5) is 11.3. The molecule has 130 valence electrons. The number of anilines is 1. The zero-order valence-electron chi connectivity index (χ0n) is 13.7. The number of nitrogens with zero attached hydrogens (tertiary/aromatic N) is 4. The standard InChI is InChI=1S/C16H18N6O2S/c1-11-6-8-12(9-7-11)25(23,24)21-20-15-13-4-2-3-5-14(13)19-16-17-10-18-22(15)16/h6-10,20-21H,2-5H2,1H3. The van der Waals surface area contributed by atoms with Gasteiger partial charge in [0.1, 0.15) is 6.33 Å². The predicted molar refractivity (Wildman–Crippen MR) is 92.5 cm³/mol. The van der Waals surface area contributed by atoms with Gasteiger partial charge in [0.15, 0.2) is 5.82 Å². The third-order valence-corrected chi connectivity index (χ3v) is 5.60. The van der Waals surface area contributed by atoms with Crippen LogP contribution in [-0.4, -0.2) is 28.0 Å². The van der Waals surface area contributed by atoms with Gasteiger partial charge in [0.2, 0.25) is 0 Å². The van der Waals surface area contributed by atoms with E-state index in [2.05, 4.69) is 25.3 Å². The molecular formula is C16H18N6O2S. The first kappa shape index (κ1) is 16.0. The van der Waals surface area contributed by atoms with E-state index in [-0.39, 0.29) is 4.90 Å². The van der Waals surface area contributed by atoms with Gasteiger partial charge in [0, 0.05) is 5.56 Å². The van der Waals surface area contributed by atoms with Gasteiger partial charge >= 0.3 is 0 Å². The number of benzene rings is 1. The summed E-state index contributed by atoms with van der Waals surface area (Å²) in [5.74, 6) is 1.03. The second kappa shape index (κ2) is 6.08. The summed E-state index contributed by atoms with van der Waals surface area (Å²) in [5, 5.41) is 4.16. The van der Waals surface area contributed by atoms with Crippen molar-refractivity contribution in [2.45, 2.75) is 37.5 Å². The van der Waals surface area contributed by atoms with E-state index >= 15 is 0 Å². The molecule has 4 rings (SSSR count). The van der Waals surface area contributed by atoms with Crippen molar-refractivity contribution in [1.82, 2.24) is 24.4 Å². The summed E-state index contributed by atoms with van der Waals surface area (Å²) in [5.41, 5.74) is 5.77. The number of hydrogen-bond acceptors (Lipinski definition) is 6. The first-order valence-corrected chi connectivity index (χ1v) is 9.59. The normalized spacial score (nSPS) is 14.4. The lowest BCUT2D eigenvalue weighted by Crippen LogP contribution is -2.32. The molecule has 0 saturated heterocycles. The molecule has 8 nitrogen and oxygen atoms in total. The molecular weight excluding hydrogens is 340 g/mol. The van der Waals surface area contributed by atoms with Gasteiger partial charge in [-0.3, -0.25) is 5.43 Å². The van der Waals surface area contributed by atoms with E-state index in [0.717, 1.165) is 42.5 Å². The van der Waals surface area contributed by atoms with Crippen molar-refractivity contribution in [3.05, 3.63) is 47.4 Å². The van der Waals surface area contributed by atoms with E-state index in [4.69, 9.17) is 0 Å². The third-order valence-electron chi connectivity index (χ3n) is 4.34. The van der Waals surface area contributed by atoms with Gasteiger partial charge in [-0.15, -0.1) is 4.83 Å². The molecule has 0 unspecified atom stereocenters. The van der Waals surface area contributed by atoms with Crippen LogP contribution >= 0.6 is 0 Å². The van der Waals surface area contributed by atoms with Crippen molar-refractivity contribution in [1.29, 1.82) is 0 Å². The second-order valence-electron chi connectivity index (χ2n) is 6.11. The van der Waals surface area contributed by atoms with Gasteiger partial charge in [0.25, 0.3) is 15.8 Å². The highest BCUT2D eigenvalue weighted by molar-refractivity contribution is 7.89. The van der Waals surface area contributed by atoms with Gasteiger partial charge in [0.05, 0.1) is 10.6 Å². The lowest BCUT2D eigenvalue weighted by Gasteiger charge is -2.20. The SMILES string of the molecule is Cc1ccc(S(=O)(=O)NNc2c3c(nc4ncnn24)CCCC3)cc1. The quantitative estimate of drug-likeness (QED) is 0.687. The predicted octanol–water partition coefficient (Wildman–Crippen LogP) is 1.62. The fourth-order valence-electron chi connectivity index (χ4n) is 3.01. The highest BCUT2D eigenvalue weighted by Crippen LogP contribution is 2.26. The fraction of sp³-hybridized carbons (Fsp3) is 0.312. The van der Waals surface area contributed by atoms with Crippen LogP contribution in [0.1, 0.15) is 29.7 Å². The van der Waals surface area contributed by atoms with Gasteiger partial charge in [-0.2, -0.15) is 14.6 Å². The Morgan fingerprint density at radius 2 is 1.88 bits per heavy atom. The summed E-state index contributed by atoms with van der Waals surface area (Å²) in [6.45, 7) is 1.91. The minimum absolute atomic E-state index is 0.198. The summed E-state index contributed by atoms with van der Waals surface area (Å²) in [7, 11) is -3.70. The lowest BCUT2D eigenvalue weighted by molar-refractivity contribution is 0.586. The number of sulfonamides is 1. The van der Waals surface area contributed by atoms with E-state index in [1.807, 2.05) is 6.92 Å². The van der Waals surface area contributed by atoms with Gasteiger partial charge in [-0.25, -0.2) is 13.4 Å². The van der Waals surface area contributed by atoms with Crippen LogP contribution < -0.4 is 10.3 Å². The number of rotatable bonds is 4. The van der Waals surface area contributed by atoms with Crippen LogP contribution in [0.15, 0.2) is 35.5 Å². The maximum Gasteiger partial charge on any atom is 0.257 e. The molecule has 0 amide bonds. The molecule has 2 aromatic heterocycles. The summed E-state index contributed by atoms with van der Waals surface area (Å²) >= 11 is 0. The Bertz CT molecular complexity index is 1030. The largest absolute Gasteiger partial charge is 0.291 e. The molecule has 0 atom stereocenters. The highest BCUT2D eigenvalue weighted by Gasteiger charge is 2.21. The van der Waals surface area contributed by atoms with Crippen LogP contribution in [0.4, 0.5) is 5.82 Å². The Morgan fingerprint density at radius 1 is 1.12 bits per heavy atom. The molecule has 0 fully saturated rings. The zero-order valence-corrected chi connectivity index (χ0v) is 14.5. The average molecular weight is 358 g/mol. The zero-order chi connectivity index (χ0) is 17.4. The molecule has 25 heavy (non-hydrogen) atoms. The van der Waals surface area contributed by atoms with E-state index < -0.39 is 10.0 Å². The molecule has 0 spiro atoms. The fourth-order valence-corrected chi connectivity index (χ4v) is 3.85. The smallest absolute Gasteiger partial charge is 0.257 e.